The minimum Gasteiger partial charge on any atom is -0.349 e. The number of hydrogen-bond acceptors (Lipinski definition) is 3. The average Bonchev–Trinajstić information content (AvgIpc) is 3.46. The number of nitrogens with zero attached hydrogens (tertiary/aromatic N) is 1. The quantitative estimate of drug-likeness (QED) is 0.792. The largest absolute Gasteiger partial charge is 0.349 e. The lowest BCUT2D eigenvalue weighted by Gasteiger charge is -2.18. The van der Waals surface area contributed by atoms with Gasteiger partial charge in [0.1, 0.15) is 0 Å². The second-order valence-corrected chi connectivity index (χ2v) is 9.47. The first-order chi connectivity index (χ1) is 12.8. The summed E-state index contributed by atoms with van der Waals surface area (Å²) in [6, 6.07) is 14.4. The average molecular weight is 387 g/mol. The van der Waals surface area contributed by atoms with Crippen LogP contribution in [0, 0.1) is 0 Å². The number of benzene rings is 2. The van der Waals surface area contributed by atoms with Crippen LogP contribution in [0.1, 0.15) is 54.1 Å². The molecule has 3 rings (SSSR count). The van der Waals surface area contributed by atoms with Gasteiger partial charge in [-0.05, 0) is 54.2 Å². The van der Waals surface area contributed by atoms with E-state index < -0.39 is 10.0 Å². The van der Waals surface area contributed by atoms with E-state index in [1.54, 1.807) is 43.4 Å². The van der Waals surface area contributed by atoms with Gasteiger partial charge in [0.25, 0.3) is 5.91 Å². The molecular weight excluding hydrogens is 360 g/mol. The Morgan fingerprint density at radius 3 is 2.19 bits per heavy atom. The van der Waals surface area contributed by atoms with Crippen LogP contribution in [0.2, 0.25) is 0 Å². The Kier molecular flexibility index (Phi) is 5.67. The van der Waals surface area contributed by atoms with Crippen molar-refractivity contribution in [1.29, 1.82) is 0 Å². The highest BCUT2D eigenvalue weighted by atomic mass is 32.2. The van der Waals surface area contributed by atoms with Crippen molar-refractivity contribution in [2.45, 2.75) is 50.1 Å². The molecule has 1 fully saturated rings. The Hall–Kier alpha value is -2.18. The molecule has 0 heterocycles. The van der Waals surface area contributed by atoms with Gasteiger partial charge in [0.2, 0.25) is 10.0 Å². The Bertz CT molecular complexity index is 899. The lowest BCUT2D eigenvalue weighted by molar-refractivity contribution is 0.0951. The standard InChI is InChI=1S/C21H26N2O3S/c1-15(2)17-8-12-20(13-9-17)27(25,26)23(3)14-16-4-6-18(7-5-16)21(24)22-19-10-11-19/h4-9,12-13,15,19H,10-11,14H2,1-3H3,(H,22,24). The highest BCUT2D eigenvalue weighted by Crippen LogP contribution is 2.21. The molecule has 144 valence electrons. The molecule has 0 bridgehead atoms. The minimum absolute atomic E-state index is 0.0738. The maximum absolute atomic E-state index is 12.8. The molecule has 1 amide bonds. The summed E-state index contributed by atoms with van der Waals surface area (Å²) in [5.41, 5.74) is 2.54. The van der Waals surface area contributed by atoms with Gasteiger partial charge in [-0.15, -0.1) is 0 Å². The van der Waals surface area contributed by atoms with Gasteiger partial charge in [-0.1, -0.05) is 38.1 Å². The topological polar surface area (TPSA) is 66.5 Å². The van der Waals surface area contributed by atoms with Crippen LogP contribution in [0.5, 0.6) is 0 Å². The lowest BCUT2D eigenvalue weighted by Crippen LogP contribution is -2.27. The van der Waals surface area contributed by atoms with Crippen LogP contribution in [-0.2, 0) is 16.6 Å². The molecule has 6 heteroatoms. The zero-order chi connectivity index (χ0) is 19.6. The Balaban J connectivity index is 1.67. The number of carbonyl (C=O) groups is 1. The van der Waals surface area contributed by atoms with Crippen molar-refractivity contribution in [2.75, 3.05) is 7.05 Å². The van der Waals surface area contributed by atoms with Crippen LogP contribution in [-0.4, -0.2) is 31.7 Å². The van der Waals surface area contributed by atoms with Crippen molar-refractivity contribution in [3.8, 4) is 0 Å². The molecule has 0 atom stereocenters. The van der Waals surface area contributed by atoms with Crippen LogP contribution in [0.15, 0.2) is 53.4 Å². The molecule has 5 nitrogen and oxygen atoms in total. The summed E-state index contributed by atoms with van der Waals surface area (Å²) in [6.45, 7) is 4.40. The summed E-state index contributed by atoms with van der Waals surface area (Å²) in [5.74, 6) is 0.283. The molecule has 1 aliphatic carbocycles. The van der Waals surface area contributed by atoms with Gasteiger partial charge < -0.3 is 5.32 Å². The van der Waals surface area contributed by atoms with Crippen molar-refractivity contribution >= 4 is 15.9 Å². The molecule has 1 aliphatic rings. The predicted molar refractivity (Wildman–Crippen MR) is 106 cm³/mol. The second kappa shape index (κ2) is 7.82. The van der Waals surface area contributed by atoms with E-state index in [4.69, 9.17) is 0 Å². The summed E-state index contributed by atoms with van der Waals surface area (Å²) in [5, 5.41) is 2.94. The molecule has 0 unspecified atom stereocenters. The first-order valence-corrected chi connectivity index (χ1v) is 10.7. The maximum atomic E-state index is 12.8. The van der Waals surface area contributed by atoms with Crippen molar-refractivity contribution in [2.24, 2.45) is 0 Å². The number of rotatable bonds is 7. The highest BCUT2D eigenvalue weighted by Gasteiger charge is 2.24. The van der Waals surface area contributed by atoms with E-state index in [1.165, 1.54) is 4.31 Å². The first kappa shape index (κ1) is 19.6. The lowest BCUT2D eigenvalue weighted by atomic mass is 10.0. The van der Waals surface area contributed by atoms with E-state index in [1.807, 2.05) is 12.1 Å². The normalized spacial score (nSPS) is 14.6. The fraction of sp³-hybridized carbons (Fsp3) is 0.381. The first-order valence-electron chi connectivity index (χ1n) is 9.23. The molecule has 2 aromatic carbocycles. The number of carbonyl (C=O) groups excluding carboxylic acids is 1. The van der Waals surface area contributed by atoms with Crippen molar-refractivity contribution in [3.63, 3.8) is 0 Å². The maximum Gasteiger partial charge on any atom is 0.251 e. The van der Waals surface area contributed by atoms with Crippen molar-refractivity contribution in [1.82, 2.24) is 9.62 Å². The monoisotopic (exact) mass is 386 g/mol. The third-order valence-electron chi connectivity index (χ3n) is 4.79. The van der Waals surface area contributed by atoms with Gasteiger partial charge in [0.05, 0.1) is 4.90 Å². The highest BCUT2D eigenvalue weighted by molar-refractivity contribution is 7.89. The van der Waals surface area contributed by atoms with Gasteiger partial charge in [0.15, 0.2) is 0 Å². The summed E-state index contributed by atoms with van der Waals surface area (Å²) < 4.78 is 26.9. The molecular formula is C21H26N2O3S. The molecule has 1 saturated carbocycles. The predicted octanol–water partition coefficient (Wildman–Crippen LogP) is 3.52. The van der Waals surface area contributed by atoms with Crippen molar-refractivity contribution < 1.29 is 13.2 Å². The van der Waals surface area contributed by atoms with E-state index in [0.29, 0.717) is 17.5 Å². The molecule has 0 saturated heterocycles. The van der Waals surface area contributed by atoms with E-state index in [9.17, 15) is 13.2 Å². The summed E-state index contributed by atoms with van der Waals surface area (Å²) in [6.07, 6.45) is 2.09. The van der Waals surface area contributed by atoms with Gasteiger partial charge >= 0.3 is 0 Å². The molecule has 0 aliphatic heterocycles. The smallest absolute Gasteiger partial charge is 0.251 e. The molecule has 0 aromatic heterocycles. The van der Waals surface area contributed by atoms with Gasteiger partial charge in [-0.2, -0.15) is 4.31 Å². The third kappa shape index (κ3) is 4.76. The zero-order valence-electron chi connectivity index (χ0n) is 16.0. The number of sulfonamides is 1. The van der Waals surface area contributed by atoms with E-state index in [-0.39, 0.29) is 17.3 Å². The van der Waals surface area contributed by atoms with Crippen LogP contribution < -0.4 is 5.32 Å². The van der Waals surface area contributed by atoms with Crippen LogP contribution in [0.3, 0.4) is 0 Å². The van der Waals surface area contributed by atoms with Crippen LogP contribution >= 0.6 is 0 Å². The molecule has 1 N–H and O–H groups in total. The summed E-state index contributed by atoms with van der Waals surface area (Å²) in [7, 11) is -1.99. The molecule has 2 aromatic rings. The fourth-order valence-electron chi connectivity index (χ4n) is 2.80. The van der Waals surface area contributed by atoms with E-state index >= 15 is 0 Å². The fourth-order valence-corrected chi connectivity index (χ4v) is 3.96. The zero-order valence-corrected chi connectivity index (χ0v) is 16.8. The Morgan fingerprint density at radius 1 is 1.07 bits per heavy atom. The van der Waals surface area contributed by atoms with Crippen LogP contribution in [0.25, 0.3) is 0 Å². The Morgan fingerprint density at radius 2 is 1.67 bits per heavy atom. The third-order valence-corrected chi connectivity index (χ3v) is 6.61. The van der Waals surface area contributed by atoms with Gasteiger partial charge in [-0.3, -0.25) is 4.79 Å². The second-order valence-electron chi connectivity index (χ2n) is 7.43. The number of hydrogen-bond donors (Lipinski definition) is 1. The van der Waals surface area contributed by atoms with Crippen molar-refractivity contribution in [3.05, 3.63) is 65.2 Å². The minimum atomic E-state index is -3.56. The SMILES string of the molecule is CC(C)c1ccc(S(=O)(=O)N(C)Cc2ccc(C(=O)NC3CC3)cc2)cc1. The van der Waals surface area contributed by atoms with Crippen LogP contribution in [0.4, 0.5) is 0 Å². The van der Waals surface area contributed by atoms with Gasteiger partial charge in [0, 0.05) is 25.2 Å². The van der Waals surface area contributed by atoms with E-state index in [0.717, 1.165) is 24.0 Å². The molecule has 27 heavy (non-hydrogen) atoms. The van der Waals surface area contributed by atoms with E-state index in [2.05, 4.69) is 19.2 Å². The molecule has 0 spiro atoms. The van der Waals surface area contributed by atoms with Gasteiger partial charge in [-0.25, -0.2) is 8.42 Å². The number of nitrogens with one attached hydrogen (secondary N) is 1. The number of amides is 1. The summed E-state index contributed by atoms with van der Waals surface area (Å²) in [4.78, 5) is 12.3. The molecule has 0 radical (unpaired) electrons. The Labute approximate surface area is 161 Å². The summed E-state index contributed by atoms with van der Waals surface area (Å²) >= 11 is 0.